The monoisotopic (exact) mass is 233 g/mol. The largest absolute Gasteiger partial charge is 0.382 e. The molecule has 0 aromatic carbocycles. The van der Waals surface area contributed by atoms with Gasteiger partial charge in [-0.25, -0.2) is 15.0 Å². The van der Waals surface area contributed by atoms with Crippen LogP contribution in [0.3, 0.4) is 0 Å². The zero-order chi connectivity index (χ0) is 12.0. The Kier molecular flexibility index (Phi) is 2.25. The minimum atomic E-state index is -0.000648. The second kappa shape index (κ2) is 3.66. The maximum absolute atomic E-state index is 5.89. The first kappa shape index (κ1) is 10.5. The van der Waals surface area contributed by atoms with Gasteiger partial charge in [-0.3, -0.25) is 4.57 Å². The number of fused-ring (bicyclic) bond motifs is 1. The zero-order valence-electron chi connectivity index (χ0n) is 9.87. The van der Waals surface area contributed by atoms with E-state index in [-0.39, 0.29) is 12.3 Å². The van der Waals surface area contributed by atoms with Gasteiger partial charge in [0.15, 0.2) is 11.5 Å². The van der Waals surface area contributed by atoms with Gasteiger partial charge in [-0.15, -0.1) is 0 Å². The smallest absolute Gasteiger partial charge is 0.167 e. The van der Waals surface area contributed by atoms with Crippen molar-refractivity contribution in [2.75, 3.05) is 5.73 Å². The molecule has 2 N–H and O–H groups in total. The van der Waals surface area contributed by atoms with E-state index in [2.05, 4.69) is 28.8 Å². The molecule has 1 aliphatic heterocycles. The van der Waals surface area contributed by atoms with E-state index in [4.69, 9.17) is 10.5 Å². The first-order valence-electron chi connectivity index (χ1n) is 5.75. The Morgan fingerprint density at radius 3 is 2.88 bits per heavy atom. The highest BCUT2D eigenvalue weighted by molar-refractivity contribution is 5.81. The number of nitrogens with two attached hydrogens (primary N) is 1. The van der Waals surface area contributed by atoms with E-state index in [1.165, 1.54) is 6.33 Å². The van der Waals surface area contributed by atoms with Crippen LogP contribution in [-0.2, 0) is 4.74 Å². The highest BCUT2D eigenvalue weighted by Gasteiger charge is 2.31. The summed E-state index contributed by atoms with van der Waals surface area (Å²) in [5.74, 6) is 0.949. The van der Waals surface area contributed by atoms with Crippen molar-refractivity contribution in [1.29, 1.82) is 0 Å². The Hall–Kier alpha value is -1.69. The summed E-state index contributed by atoms with van der Waals surface area (Å²) in [4.78, 5) is 12.4. The molecule has 3 rings (SSSR count). The van der Waals surface area contributed by atoms with E-state index in [1.54, 1.807) is 6.33 Å². The summed E-state index contributed by atoms with van der Waals surface area (Å²) in [6.07, 6.45) is 4.41. The van der Waals surface area contributed by atoms with Crippen LogP contribution in [0.15, 0.2) is 12.7 Å². The van der Waals surface area contributed by atoms with E-state index in [0.717, 1.165) is 12.1 Å². The molecular weight excluding hydrogens is 218 g/mol. The summed E-state index contributed by atoms with van der Waals surface area (Å²) < 4.78 is 7.83. The second-order valence-corrected chi connectivity index (χ2v) is 4.59. The Bertz CT molecular complexity index is 542. The molecule has 17 heavy (non-hydrogen) atoms. The van der Waals surface area contributed by atoms with Gasteiger partial charge in [0.25, 0.3) is 0 Å². The van der Waals surface area contributed by atoms with E-state index in [0.29, 0.717) is 17.3 Å². The molecule has 90 valence electrons. The third-order valence-electron chi connectivity index (χ3n) is 3.44. The Balaban J connectivity index is 2.04. The SMILES string of the molecule is C[C@H]1CC(n2cnc3c(N)ncnc32)O[C@@H]1C. The lowest BCUT2D eigenvalue weighted by Crippen LogP contribution is -2.09. The lowest BCUT2D eigenvalue weighted by Gasteiger charge is -2.12. The van der Waals surface area contributed by atoms with Gasteiger partial charge in [-0.1, -0.05) is 6.92 Å². The van der Waals surface area contributed by atoms with Crippen molar-refractivity contribution in [3.8, 4) is 0 Å². The number of hydrogen-bond acceptors (Lipinski definition) is 5. The van der Waals surface area contributed by atoms with Crippen LogP contribution in [0.25, 0.3) is 11.2 Å². The molecule has 0 amide bonds. The van der Waals surface area contributed by atoms with Gasteiger partial charge in [0.05, 0.1) is 12.4 Å². The van der Waals surface area contributed by atoms with Crippen LogP contribution in [0.4, 0.5) is 5.82 Å². The fraction of sp³-hybridized carbons (Fsp3) is 0.545. The Morgan fingerprint density at radius 1 is 1.35 bits per heavy atom. The molecule has 3 heterocycles. The molecule has 1 aliphatic rings. The molecule has 0 spiro atoms. The van der Waals surface area contributed by atoms with Gasteiger partial charge >= 0.3 is 0 Å². The third kappa shape index (κ3) is 1.56. The summed E-state index contributed by atoms with van der Waals surface area (Å²) >= 11 is 0. The van der Waals surface area contributed by atoms with Crippen molar-refractivity contribution in [2.45, 2.75) is 32.6 Å². The predicted octanol–water partition coefficient (Wildman–Crippen LogP) is 1.35. The normalized spacial score (nSPS) is 28.9. The van der Waals surface area contributed by atoms with Crippen LogP contribution in [0, 0.1) is 5.92 Å². The Morgan fingerprint density at radius 2 is 2.18 bits per heavy atom. The third-order valence-corrected chi connectivity index (χ3v) is 3.44. The van der Waals surface area contributed by atoms with E-state index < -0.39 is 0 Å². The summed E-state index contributed by atoms with van der Waals surface area (Å²) in [6.45, 7) is 4.28. The van der Waals surface area contributed by atoms with Crippen molar-refractivity contribution in [3.05, 3.63) is 12.7 Å². The number of anilines is 1. The summed E-state index contributed by atoms with van der Waals surface area (Å²) in [5, 5.41) is 0. The van der Waals surface area contributed by atoms with Crippen LogP contribution in [0.1, 0.15) is 26.5 Å². The summed E-state index contributed by atoms with van der Waals surface area (Å²) in [6, 6.07) is 0. The number of nitrogen functional groups attached to an aromatic ring is 1. The van der Waals surface area contributed by atoms with Crippen LogP contribution in [-0.4, -0.2) is 25.6 Å². The first-order chi connectivity index (χ1) is 8.16. The van der Waals surface area contributed by atoms with Crippen LogP contribution >= 0.6 is 0 Å². The molecule has 0 radical (unpaired) electrons. The number of hydrogen-bond donors (Lipinski definition) is 1. The van der Waals surface area contributed by atoms with Crippen molar-refractivity contribution >= 4 is 17.0 Å². The molecule has 1 saturated heterocycles. The van der Waals surface area contributed by atoms with Crippen LogP contribution in [0.2, 0.25) is 0 Å². The molecule has 1 fully saturated rings. The first-order valence-corrected chi connectivity index (χ1v) is 5.75. The number of rotatable bonds is 1. The van der Waals surface area contributed by atoms with E-state index >= 15 is 0 Å². The molecule has 6 nitrogen and oxygen atoms in total. The maximum atomic E-state index is 5.89. The fourth-order valence-corrected chi connectivity index (χ4v) is 2.21. The molecule has 0 bridgehead atoms. The van der Waals surface area contributed by atoms with E-state index in [1.807, 2.05) is 4.57 Å². The molecule has 1 unspecified atom stereocenters. The lowest BCUT2D eigenvalue weighted by atomic mass is 10.1. The van der Waals surface area contributed by atoms with Gasteiger partial charge in [-0.05, 0) is 19.3 Å². The molecule has 0 aliphatic carbocycles. The standard InChI is InChI=1S/C11H15N5O/c1-6-3-8(17-7(6)2)16-5-15-9-10(12)13-4-14-11(9)16/h4-8H,3H2,1-2H3,(H2,12,13,14)/t6-,7+,8?/m0/s1. The molecule has 6 heteroatoms. The van der Waals surface area contributed by atoms with Crippen molar-refractivity contribution in [1.82, 2.24) is 19.5 Å². The lowest BCUT2D eigenvalue weighted by molar-refractivity contribution is 0.00797. The number of ether oxygens (including phenoxy) is 1. The highest BCUT2D eigenvalue weighted by atomic mass is 16.5. The minimum Gasteiger partial charge on any atom is -0.382 e. The van der Waals surface area contributed by atoms with Gasteiger partial charge < -0.3 is 10.5 Å². The molecule has 2 aromatic rings. The van der Waals surface area contributed by atoms with Gasteiger partial charge in [-0.2, -0.15) is 0 Å². The summed E-state index contributed by atoms with van der Waals surface area (Å²) in [7, 11) is 0. The zero-order valence-corrected chi connectivity index (χ0v) is 9.87. The number of imidazole rings is 1. The molecular formula is C11H15N5O. The number of aromatic nitrogens is 4. The van der Waals surface area contributed by atoms with E-state index in [9.17, 15) is 0 Å². The highest BCUT2D eigenvalue weighted by Crippen LogP contribution is 2.34. The van der Waals surface area contributed by atoms with Crippen molar-refractivity contribution < 1.29 is 4.74 Å². The second-order valence-electron chi connectivity index (χ2n) is 4.59. The molecule has 2 aromatic heterocycles. The van der Waals surface area contributed by atoms with Gasteiger partial charge in [0.1, 0.15) is 18.1 Å². The van der Waals surface area contributed by atoms with Gasteiger partial charge in [0, 0.05) is 0 Å². The molecule has 0 saturated carbocycles. The van der Waals surface area contributed by atoms with Crippen LogP contribution < -0.4 is 5.73 Å². The summed E-state index contributed by atoms with van der Waals surface area (Å²) in [5.41, 5.74) is 7.14. The van der Waals surface area contributed by atoms with Crippen molar-refractivity contribution in [2.24, 2.45) is 5.92 Å². The Labute approximate surface area is 98.8 Å². The minimum absolute atomic E-state index is 0.000648. The molecule has 3 atom stereocenters. The van der Waals surface area contributed by atoms with Crippen LogP contribution in [0.5, 0.6) is 0 Å². The predicted molar refractivity (Wildman–Crippen MR) is 63.1 cm³/mol. The quantitative estimate of drug-likeness (QED) is 0.804. The van der Waals surface area contributed by atoms with Crippen molar-refractivity contribution in [3.63, 3.8) is 0 Å². The maximum Gasteiger partial charge on any atom is 0.167 e. The number of nitrogens with zero attached hydrogens (tertiary/aromatic N) is 4. The average molecular weight is 233 g/mol. The fourth-order valence-electron chi connectivity index (χ4n) is 2.21. The topological polar surface area (TPSA) is 78.9 Å². The average Bonchev–Trinajstić information content (AvgIpc) is 2.85. The van der Waals surface area contributed by atoms with Gasteiger partial charge in [0.2, 0.25) is 0 Å².